The number of hydrogen-bond acceptors (Lipinski definition) is 6. The largest absolute Gasteiger partial charge is 0.443 e. The maximum absolute atomic E-state index is 11.7. The van der Waals surface area contributed by atoms with E-state index in [-0.39, 0.29) is 18.6 Å². The molecule has 0 unspecified atom stereocenters. The third-order valence-corrected chi connectivity index (χ3v) is 3.72. The average Bonchev–Trinajstić information content (AvgIpc) is 3.07. The number of nitrogens with one attached hydrogen (secondary N) is 1. The zero-order valence-electron chi connectivity index (χ0n) is 13.6. The van der Waals surface area contributed by atoms with Gasteiger partial charge in [-0.2, -0.15) is 0 Å². The van der Waals surface area contributed by atoms with Gasteiger partial charge in [0, 0.05) is 12.2 Å². The topological polar surface area (TPSA) is 94.5 Å². The summed E-state index contributed by atoms with van der Waals surface area (Å²) >= 11 is 0. The van der Waals surface area contributed by atoms with Crippen LogP contribution < -0.4 is 5.32 Å². The highest BCUT2D eigenvalue weighted by atomic mass is 16.5. The molecule has 0 aliphatic carbocycles. The molecule has 8 nitrogen and oxygen atoms in total. The molecule has 0 radical (unpaired) electrons. The van der Waals surface area contributed by atoms with E-state index in [0.29, 0.717) is 23.8 Å². The Morgan fingerprint density at radius 1 is 1.48 bits per heavy atom. The van der Waals surface area contributed by atoms with Crippen molar-refractivity contribution in [1.82, 2.24) is 24.9 Å². The number of carbonyl (C=O) groups is 1. The van der Waals surface area contributed by atoms with Crippen LogP contribution in [0.5, 0.6) is 0 Å². The van der Waals surface area contributed by atoms with Crippen molar-refractivity contribution in [3.8, 4) is 0 Å². The SMILES string of the molecule is CCOCC(=O)N[C@@H](C)c1nc2c3c(C)c(C)oc3ncn2n1. The molecule has 1 atom stereocenters. The van der Waals surface area contributed by atoms with E-state index in [1.165, 1.54) is 0 Å². The minimum absolute atomic E-state index is 0.0278. The van der Waals surface area contributed by atoms with E-state index in [2.05, 4.69) is 20.4 Å². The standard InChI is InChI=1S/C15H19N5O3/c1-5-22-6-11(21)17-9(3)13-18-14-12-8(2)10(4)23-15(12)16-7-20(14)19-13/h7,9H,5-6H2,1-4H3,(H,17,21)/t9-/m0/s1. The van der Waals surface area contributed by atoms with Gasteiger partial charge in [0.2, 0.25) is 11.6 Å². The summed E-state index contributed by atoms with van der Waals surface area (Å²) in [6.07, 6.45) is 1.56. The molecule has 0 saturated carbocycles. The Labute approximate surface area is 132 Å². The van der Waals surface area contributed by atoms with Gasteiger partial charge in [-0.15, -0.1) is 5.10 Å². The smallest absolute Gasteiger partial charge is 0.246 e. The fourth-order valence-corrected chi connectivity index (χ4v) is 2.39. The molecule has 0 fully saturated rings. The summed E-state index contributed by atoms with van der Waals surface area (Å²) in [5.74, 6) is 1.13. The lowest BCUT2D eigenvalue weighted by molar-refractivity contribution is -0.126. The molecule has 3 aromatic rings. The van der Waals surface area contributed by atoms with Crippen molar-refractivity contribution in [2.75, 3.05) is 13.2 Å². The van der Waals surface area contributed by atoms with E-state index in [0.717, 1.165) is 16.7 Å². The van der Waals surface area contributed by atoms with Gasteiger partial charge in [-0.1, -0.05) is 0 Å². The third-order valence-electron chi connectivity index (χ3n) is 3.72. The molecule has 3 rings (SSSR count). The third kappa shape index (κ3) is 2.77. The molecule has 0 spiro atoms. The van der Waals surface area contributed by atoms with Crippen LogP contribution in [0.15, 0.2) is 10.7 Å². The van der Waals surface area contributed by atoms with E-state index in [1.54, 1.807) is 10.8 Å². The van der Waals surface area contributed by atoms with Crippen LogP contribution in [0, 0.1) is 13.8 Å². The van der Waals surface area contributed by atoms with Gasteiger partial charge < -0.3 is 14.5 Å². The molecule has 0 bridgehead atoms. The molecule has 3 heterocycles. The van der Waals surface area contributed by atoms with Crippen molar-refractivity contribution < 1.29 is 13.9 Å². The fraction of sp³-hybridized carbons (Fsp3) is 0.467. The van der Waals surface area contributed by atoms with Gasteiger partial charge in [-0.25, -0.2) is 14.5 Å². The highest BCUT2D eigenvalue weighted by Crippen LogP contribution is 2.26. The molecule has 0 aliphatic heterocycles. The van der Waals surface area contributed by atoms with Crippen molar-refractivity contribution in [3.05, 3.63) is 23.5 Å². The number of rotatable bonds is 5. The molecule has 8 heteroatoms. The number of hydrogen-bond donors (Lipinski definition) is 1. The highest BCUT2D eigenvalue weighted by Gasteiger charge is 2.19. The Kier molecular flexibility index (Phi) is 3.99. The molecule has 0 aliphatic rings. The van der Waals surface area contributed by atoms with Gasteiger partial charge in [0.1, 0.15) is 18.7 Å². The van der Waals surface area contributed by atoms with Gasteiger partial charge in [-0.05, 0) is 27.7 Å². The molecular formula is C15H19N5O3. The maximum Gasteiger partial charge on any atom is 0.246 e. The number of furan rings is 1. The lowest BCUT2D eigenvalue weighted by Crippen LogP contribution is -2.30. The summed E-state index contributed by atoms with van der Waals surface area (Å²) < 4.78 is 12.3. The Balaban J connectivity index is 1.93. The Morgan fingerprint density at radius 3 is 3.00 bits per heavy atom. The molecule has 122 valence electrons. The fourth-order valence-electron chi connectivity index (χ4n) is 2.39. The van der Waals surface area contributed by atoms with E-state index >= 15 is 0 Å². The summed E-state index contributed by atoms with van der Waals surface area (Å²) in [5.41, 5.74) is 2.20. The summed E-state index contributed by atoms with van der Waals surface area (Å²) in [6, 6.07) is -0.328. The van der Waals surface area contributed by atoms with Gasteiger partial charge >= 0.3 is 0 Å². The molecule has 0 aromatic carbocycles. The van der Waals surface area contributed by atoms with Crippen molar-refractivity contribution in [3.63, 3.8) is 0 Å². The molecule has 1 N–H and O–H groups in total. The lowest BCUT2D eigenvalue weighted by atomic mass is 10.2. The predicted molar refractivity (Wildman–Crippen MR) is 83.1 cm³/mol. The van der Waals surface area contributed by atoms with Crippen LogP contribution in [0.25, 0.3) is 16.7 Å². The molecule has 1 amide bonds. The zero-order chi connectivity index (χ0) is 16.6. The highest BCUT2D eigenvalue weighted by molar-refractivity contribution is 5.91. The van der Waals surface area contributed by atoms with Crippen LogP contribution in [0.1, 0.15) is 37.0 Å². The number of ether oxygens (including phenoxy) is 1. The minimum Gasteiger partial charge on any atom is -0.443 e. The second-order valence-corrected chi connectivity index (χ2v) is 5.37. The molecule has 23 heavy (non-hydrogen) atoms. The van der Waals surface area contributed by atoms with E-state index < -0.39 is 0 Å². The minimum atomic E-state index is -0.328. The summed E-state index contributed by atoms with van der Waals surface area (Å²) in [6.45, 7) is 8.05. The Morgan fingerprint density at radius 2 is 2.26 bits per heavy atom. The van der Waals surface area contributed by atoms with Crippen LogP contribution in [0.4, 0.5) is 0 Å². The van der Waals surface area contributed by atoms with E-state index in [9.17, 15) is 4.79 Å². The molecule has 3 aromatic heterocycles. The number of aryl methyl sites for hydroxylation is 2. The maximum atomic E-state index is 11.7. The number of fused-ring (bicyclic) bond motifs is 3. The average molecular weight is 317 g/mol. The van der Waals surface area contributed by atoms with Crippen LogP contribution in [0.2, 0.25) is 0 Å². The summed E-state index contributed by atoms with van der Waals surface area (Å²) in [5, 5.41) is 8.05. The van der Waals surface area contributed by atoms with E-state index in [1.807, 2.05) is 27.7 Å². The molecule has 0 saturated heterocycles. The second kappa shape index (κ2) is 5.96. The van der Waals surface area contributed by atoms with Crippen molar-refractivity contribution in [2.45, 2.75) is 33.7 Å². The predicted octanol–water partition coefficient (Wildman–Crippen LogP) is 1.70. The van der Waals surface area contributed by atoms with Crippen LogP contribution >= 0.6 is 0 Å². The number of amides is 1. The Hall–Kier alpha value is -2.48. The van der Waals surface area contributed by atoms with Crippen molar-refractivity contribution in [2.24, 2.45) is 0 Å². The van der Waals surface area contributed by atoms with Gasteiger partial charge in [0.05, 0.1) is 11.4 Å². The van der Waals surface area contributed by atoms with E-state index in [4.69, 9.17) is 9.15 Å². The van der Waals surface area contributed by atoms with Crippen molar-refractivity contribution >= 4 is 22.7 Å². The summed E-state index contributed by atoms with van der Waals surface area (Å²) in [4.78, 5) is 20.5. The first-order chi connectivity index (χ1) is 11.0. The van der Waals surface area contributed by atoms with Crippen molar-refractivity contribution in [1.29, 1.82) is 0 Å². The lowest BCUT2D eigenvalue weighted by Gasteiger charge is -2.09. The number of aromatic nitrogens is 4. The number of nitrogens with zero attached hydrogens (tertiary/aromatic N) is 4. The van der Waals surface area contributed by atoms with Gasteiger partial charge in [-0.3, -0.25) is 4.79 Å². The Bertz CT molecular complexity index is 867. The van der Waals surface area contributed by atoms with Crippen LogP contribution in [-0.2, 0) is 9.53 Å². The first kappa shape index (κ1) is 15.4. The first-order valence-corrected chi connectivity index (χ1v) is 7.49. The monoisotopic (exact) mass is 317 g/mol. The quantitative estimate of drug-likeness (QED) is 0.769. The zero-order valence-corrected chi connectivity index (χ0v) is 13.6. The van der Waals surface area contributed by atoms with Gasteiger partial charge in [0.25, 0.3) is 0 Å². The normalized spacial score (nSPS) is 12.9. The van der Waals surface area contributed by atoms with Crippen LogP contribution in [0.3, 0.4) is 0 Å². The van der Waals surface area contributed by atoms with Crippen LogP contribution in [-0.4, -0.2) is 38.7 Å². The van der Waals surface area contributed by atoms with Gasteiger partial charge in [0.15, 0.2) is 11.5 Å². The number of carbonyl (C=O) groups excluding carboxylic acids is 1. The first-order valence-electron chi connectivity index (χ1n) is 7.49. The second-order valence-electron chi connectivity index (χ2n) is 5.37. The summed E-state index contributed by atoms with van der Waals surface area (Å²) in [7, 11) is 0. The molecular weight excluding hydrogens is 298 g/mol.